The molecule has 2 N–H and O–H groups in total. The quantitative estimate of drug-likeness (QED) is 0.579. The van der Waals surface area contributed by atoms with Crippen LogP contribution in [0.15, 0.2) is 41.3 Å². The number of anilines is 2. The van der Waals surface area contributed by atoms with Crippen molar-refractivity contribution < 1.29 is 35.9 Å². The molecule has 2 aromatic rings. The minimum Gasteiger partial charge on any atom is -0.493 e. The lowest BCUT2D eigenvalue weighted by Crippen LogP contribution is -2.28. The van der Waals surface area contributed by atoms with Crippen LogP contribution in [0, 0.1) is 0 Å². The number of halogens is 3. The van der Waals surface area contributed by atoms with E-state index in [-0.39, 0.29) is 29.3 Å². The first-order valence-electron chi connectivity index (χ1n) is 9.29. The van der Waals surface area contributed by atoms with Crippen LogP contribution < -0.4 is 24.4 Å². The Morgan fingerprint density at radius 3 is 2.25 bits per heavy atom. The zero-order chi connectivity index (χ0) is 24.1. The minimum atomic E-state index is -4.57. The van der Waals surface area contributed by atoms with Crippen LogP contribution in [-0.4, -0.2) is 49.2 Å². The highest BCUT2D eigenvalue weighted by molar-refractivity contribution is 7.89. The highest BCUT2D eigenvalue weighted by Crippen LogP contribution is 2.35. The molecule has 0 fully saturated rings. The Morgan fingerprint density at radius 1 is 1.03 bits per heavy atom. The van der Waals surface area contributed by atoms with E-state index in [1.165, 1.54) is 38.5 Å². The van der Waals surface area contributed by atoms with Gasteiger partial charge in [0.2, 0.25) is 15.9 Å². The third-order valence-electron chi connectivity index (χ3n) is 4.39. The monoisotopic (exact) mass is 475 g/mol. The number of rotatable bonds is 9. The molecular weight excluding hydrogens is 451 g/mol. The van der Waals surface area contributed by atoms with Gasteiger partial charge in [0.05, 0.1) is 36.1 Å². The highest BCUT2D eigenvalue weighted by atomic mass is 32.2. The van der Waals surface area contributed by atoms with Gasteiger partial charge in [-0.05, 0) is 30.3 Å². The van der Waals surface area contributed by atoms with Gasteiger partial charge in [0.15, 0.2) is 11.5 Å². The third kappa shape index (κ3) is 6.26. The molecule has 32 heavy (non-hydrogen) atoms. The Bertz CT molecular complexity index is 1070. The van der Waals surface area contributed by atoms with Crippen molar-refractivity contribution in [1.29, 1.82) is 0 Å². The number of alkyl halides is 3. The largest absolute Gasteiger partial charge is 0.493 e. The number of hydrogen-bond acceptors (Lipinski definition) is 6. The van der Waals surface area contributed by atoms with E-state index in [1.807, 2.05) is 0 Å². The molecule has 0 heterocycles. The first-order valence-corrected chi connectivity index (χ1v) is 10.8. The van der Waals surface area contributed by atoms with Crippen LogP contribution in [0.2, 0.25) is 0 Å². The predicted octanol–water partition coefficient (Wildman–Crippen LogP) is 3.10. The van der Waals surface area contributed by atoms with E-state index in [2.05, 4.69) is 10.0 Å². The number of methoxy groups -OCH3 is 2. The van der Waals surface area contributed by atoms with E-state index >= 15 is 0 Å². The molecular formula is C20H24F3N3O5S. The normalized spacial score (nSPS) is 11.7. The lowest BCUT2D eigenvalue weighted by molar-refractivity contribution is -0.137. The van der Waals surface area contributed by atoms with Crippen LogP contribution >= 0.6 is 0 Å². The maximum atomic E-state index is 13.0. The summed E-state index contributed by atoms with van der Waals surface area (Å²) in [4.78, 5) is 13.7. The SMILES string of the molecule is COc1ccc(S(=O)(=O)NCCC(=O)Nc2cc(C(F)(F)F)ccc2N(C)C)cc1OC. The van der Waals surface area contributed by atoms with Gasteiger partial charge in [0.25, 0.3) is 0 Å². The number of nitrogens with zero attached hydrogens (tertiary/aromatic N) is 1. The molecule has 2 rings (SSSR count). The van der Waals surface area contributed by atoms with Crippen molar-refractivity contribution in [1.82, 2.24) is 4.72 Å². The second kappa shape index (κ2) is 10.1. The van der Waals surface area contributed by atoms with Gasteiger partial charge in [-0.1, -0.05) is 0 Å². The maximum Gasteiger partial charge on any atom is 0.416 e. The van der Waals surface area contributed by atoms with Gasteiger partial charge in [-0.3, -0.25) is 4.79 Å². The maximum absolute atomic E-state index is 13.0. The van der Waals surface area contributed by atoms with Gasteiger partial charge in [-0.2, -0.15) is 13.2 Å². The van der Waals surface area contributed by atoms with Crippen LogP contribution in [0.25, 0.3) is 0 Å². The molecule has 176 valence electrons. The van der Waals surface area contributed by atoms with Gasteiger partial charge in [0.1, 0.15) is 0 Å². The number of sulfonamides is 1. The van der Waals surface area contributed by atoms with E-state index in [1.54, 1.807) is 19.0 Å². The summed E-state index contributed by atoms with van der Waals surface area (Å²) in [6, 6.07) is 7.01. The fourth-order valence-electron chi connectivity index (χ4n) is 2.78. The lowest BCUT2D eigenvalue weighted by Gasteiger charge is -2.20. The van der Waals surface area contributed by atoms with Gasteiger partial charge >= 0.3 is 6.18 Å². The molecule has 12 heteroatoms. The molecule has 0 aliphatic rings. The van der Waals surface area contributed by atoms with Crippen molar-refractivity contribution in [3.63, 3.8) is 0 Å². The Morgan fingerprint density at radius 2 is 1.69 bits per heavy atom. The van der Waals surface area contributed by atoms with Gasteiger partial charge in [0, 0.05) is 33.1 Å². The fourth-order valence-corrected chi connectivity index (χ4v) is 3.83. The van der Waals surface area contributed by atoms with Crippen LogP contribution in [0.5, 0.6) is 11.5 Å². The minimum absolute atomic E-state index is 0.0300. The highest BCUT2D eigenvalue weighted by Gasteiger charge is 2.31. The number of carbonyl (C=O) groups excluding carboxylic acids is 1. The standard InChI is InChI=1S/C20H24F3N3O5S/c1-26(2)16-7-5-13(20(21,22)23)11-15(16)25-19(27)9-10-24-32(28,29)14-6-8-17(30-3)18(12-14)31-4/h5-8,11-12,24H,9-10H2,1-4H3,(H,25,27). The smallest absolute Gasteiger partial charge is 0.416 e. The Kier molecular flexibility index (Phi) is 7.97. The van der Waals surface area contributed by atoms with E-state index in [4.69, 9.17) is 9.47 Å². The summed E-state index contributed by atoms with van der Waals surface area (Å²) in [6.07, 6.45) is -4.87. The second-order valence-corrected chi connectivity index (χ2v) is 8.60. The number of benzene rings is 2. The van der Waals surface area contributed by atoms with Crippen LogP contribution in [0.1, 0.15) is 12.0 Å². The summed E-state index contributed by atoms with van der Waals surface area (Å²) in [7, 11) is 2.06. The molecule has 0 unspecified atom stereocenters. The zero-order valence-corrected chi connectivity index (χ0v) is 18.7. The molecule has 1 amide bonds. The van der Waals surface area contributed by atoms with E-state index in [0.29, 0.717) is 11.4 Å². The first-order chi connectivity index (χ1) is 14.9. The molecule has 0 aliphatic heterocycles. The molecule has 0 radical (unpaired) electrons. The number of ether oxygens (including phenoxy) is 2. The van der Waals surface area contributed by atoms with Crippen LogP contribution in [0.3, 0.4) is 0 Å². The topological polar surface area (TPSA) is 97.0 Å². The van der Waals surface area contributed by atoms with Crippen molar-refractivity contribution in [2.24, 2.45) is 0 Å². The molecule has 0 bridgehead atoms. The van der Waals surface area contributed by atoms with Crippen LogP contribution in [-0.2, 0) is 21.0 Å². The molecule has 8 nitrogen and oxygen atoms in total. The molecule has 2 aromatic carbocycles. The van der Waals surface area contributed by atoms with Gasteiger partial charge in [-0.15, -0.1) is 0 Å². The molecule has 0 aromatic heterocycles. The van der Waals surface area contributed by atoms with E-state index in [0.717, 1.165) is 12.1 Å². The summed E-state index contributed by atoms with van der Waals surface area (Å²) in [5.74, 6) is -0.0834. The third-order valence-corrected chi connectivity index (χ3v) is 5.85. The lowest BCUT2D eigenvalue weighted by atomic mass is 10.1. The summed E-state index contributed by atoms with van der Waals surface area (Å²) in [6.45, 7) is -0.265. The van der Waals surface area contributed by atoms with Crippen molar-refractivity contribution >= 4 is 27.3 Å². The molecule has 0 saturated heterocycles. The van der Waals surface area contributed by atoms with Crippen molar-refractivity contribution in [3.8, 4) is 11.5 Å². The molecule has 0 atom stereocenters. The average Bonchev–Trinajstić information content (AvgIpc) is 2.72. The van der Waals surface area contributed by atoms with Gasteiger partial charge < -0.3 is 19.7 Å². The summed E-state index contributed by atoms with van der Waals surface area (Å²) in [5.41, 5.74) is -0.567. The Labute approximate surface area is 184 Å². The summed E-state index contributed by atoms with van der Waals surface area (Å²) >= 11 is 0. The number of hydrogen-bond donors (Lipinski definition) is 2. The number of carbonyl (C=O) groups is 1. The molecule has 0 aliphatic carbocycles. The summed E-state index contributed by atoms with van der Waals surface area (Å²) < 4.78 is 76.4. The fraction of sp³-hybridized carbons (Fsp3) is 0.350. The second-order valence-electron chi connectivity index (χ2n) is 6.84. The van der Waals surface area contributed by atoms with E-state index < -0.39 is 27.7 Å². The van der Waals surface area contributed by atoms with Crippen LogP contribution in [0.4, 0.5) is 24.5 Å². The number of nitrogens with one attached hydrogen (secondary N) is 2. The molecule has 0 spiro atoms. The van der Waals surface area contributed by atoms with Crippen molar-refractivity contribution in [2.45, 2.75) is 17.5 Å². The Hall–Kier alpha value is -2.99. The van der Waals surface area contributed by atoms with Crippen molar-refractivity contribution in [2.75, 3.05) is 45.1 Å². The zero-order valence-electron chi connectivity index (χ0n) is 17.9. The van der Waals surface area contributed by atoms with Crippen molar-refractivity contribution in [3.05, 3.63) is 42.0 Å². The van der Waals surface area contributed by atoms with Gasteiger partial charge in [-0.25, -0.2) is 13.1 Å². The summed E-state index contributed by atoms with van der Waals surface area (Å²) in [5, 5.41) is 2.41. The predicted molar refractivity (Wildman–Crippen MR) is 114 cm³/mol. The first kappa shape index (κ1) is 25.3. The molecule has 0 saturated carbocycles. The van der Waals surface area contributed by atoms with E-state index in [9.17, 15) is 26.4 Å². The number of amides is 1. The average molecular weight is 475 g/mol. The Balaban J connectivity index is 2.07.